The molecule has 0 bridgehead atoms. The van der Waals surface area contributed by atoms with Crippen LogP contribution in [-0.4, -0.2) is 16.2 Å². The molecule has 1 aromatic heterocycles. The van der Waals surface area contributed by atoms with Crippen LogP contribution in [-0.2, 0) is 5.41 Å². The van der Waals surface area contributed by atoms with Crippen molar-refractivity contribution in [2.45, 2.75) is 63.4 Å². The van der Waals surface area contributed by atoms with Crippen LogP contribution >= 0.6 is 11.8 Å². The van der Waals surface area contributed by atoms with Gasteiger partial charge in [0.2, 0.25) is 0 Å². The van der Waals surface area contributed by atoms with Crippen LogP contribution in [0.5, 0.6) is 0 Å². The zero-order chi connectivity index (χ0) is 12.7. The molecule has 17 heavy (non-hydrogen) atoms. The smallest absolute Gasteiger partial charge is 0.187 e. The van der Waals surface area contributed by atoms with Gasteiger partial charge in [0, 0.05) is 12.4 Å². The van der Waals surface area contributed by atoms with E-state index in [1.165, 1.54) is 37.7 Å². The van der Waals surface area contributed by atoms with Crippen molar-refractivity contribution in [3.63, 3.8) is 0 Å². The van der Waals surface area contributed by atoms with E-state index in [0.29, 0.717) is 0 Å². The first kappa shape index (κ1) is 14.5. The third-order valence-electron chi connectivity index (χ3n) is 3.25. The Hall–Kier alpha value is -0.570. The van der Waals surface area contributed by atoms with Crippen LogP contribution in [0, 0.1) is 0 Å². The Morgan fingerprint density at radius 2 is 1.76 bits per heavy atom. The largest absolute Gasteiger partial charge is 0.231 e. The van der Waals surface area contributed by atoms with E-state index < -0.39 is 0 Å². The van der Waals surface area contributed by atoms with Crippen molar-refractivity contribution in [2.24, 2.45) is 0 Å². The molecule has 0 unspecified atom stereocenters. The zero-order valence-corrected chi connectivity index (χ0v) is 12.3. The fourth-order valence-corrected chi connectivity index (χ4v) is 2.23. The molecular weight excluding hydrogens is 228 g/mol. The van der Waals surface area contributed by atoms with E-state index in [2.05, 4.69) is 30.7 Å². The predicted molar refractivity (Wildman–Crippen MR) is 75.6 cm³/mol. The first-order valence-electron chi connectivity index (χ1n) is 6.46. The van der Waals surface area contributed by atoms with Gasteiger partial charge < -0.3 is 0 Å². The zero-order valence-electron chi connectivity index (χ0n) is 11.5. The second-order valence-electron chi connectivity index (χ2n) is 5.15. The maximum atomic E-state index is 4.36. The van der Waals surface area contributed by atoms with Gasteiger partial charge in [-0.1, -0.05) is 58.2 Å². The number of rotatable bonds is 7. The van der Waals surface area contributed by atoms with E-state index in [1.54, 1.807) is 11.8 Å². The summed E-state index contributed by atoms with van der Waals surface area (Å²) >= 11 is 1.59. The van der Waals surface area contributed by atoms with Gasteiger partial charge in [0.1, 0.15) is 0 Å². The molecule has 3 heteroatoms. The maximum absolute atomic E-state index is 4.36. The van der Waals surface area contributed by atoms with E-state index in [-0.39, 0.29) is 5.41 Å². The third kappa shape index (κ3) is 4.66. The van der Waals surface area contributed by atoms with Crippen LogP contribution < -0.4 is 0 Å². The highest BCUT2D eigenvalue weighted by Gasteiger charge is 2.20. The molecule has 0 saturated carbocycles. The van der Waals surface area contributed by atoms with Crippen molar-refractivity contribution in [1.82, 2.24) is 9.97 Å². The molecule has 96 valence electrons. The van der Waals surface area contributed by atoms with Crippen molar-refractivity contribution in [2.75, 3.05) is 6.26 Å². The predicted octanol–water partition coefficient (Wildman–Crippen LogP) is 4.45. The van der Waals surface area contributed by atoms with Crippen LogP contribution in [0.2, 0.25) is 0 Å². The first-order valence-corrected chi connectivity index (χ1v) is 7.69. The van der Waals surface area contributed by atoms with Gasteiger partial charge in [0.05, 0.1) is 0 Å². The molecule has 0 spiro atoms. The first-order chi connectivity index (χ1) is 8.10. The summed E-state index contributed by atoms with van der Waals surface area (Å²) in [7, 11) is 0. The molecule has 0 fully saturated rings. The minimum atomic E-state index is 0.199. The Balaban J connectivity index is 2.55. The van der Waals surface area contributed by atoms with Crippen molar-refractivity contribution >= 4 is 11.8 Å². The number of aromatic nitrogens is 2. The molecule has 0 saturated heterocycles. The van der Waals surface area contributed by atoms with Crippen molar-refractivity contribution in [1.29, 1.82) is 0 Å². The lowest BCUT2D eigenvalue weighted by Crippen LogP contribution is -2.17. The molecule has 0 N–H and O–H groups in total. The standard InChI is InChI=1S/C14H24N2S/c1-5-6-7-8-9-14(2,3)12-10-15-13(17-4)16-11-12/h10-11H,5-9H2,1-4H3. The molecule has 0 aliphatic rings. The molecule has 0 aliphatic carbocycles. The average Bonchev–Trinajstić information content (AvgIpc) is 2.35. The number of thioether (sulfide) groups is 1. The summed E-state index contributed by atoms with van der Waals surface area (Å²) in [6, 6.07) is 0. The number of hydrogen-bond donors (Lipinski definition) is 0. The highest BCUT2D eigenvalue weighted by Crippen LogP contribution is 2.28. The Morgan fingerprint density at radius 1 is 1.12 bits per heavy atom. The van der Waals surface area contributed by atoms with Gasteiger partial charge in [-0.15, -0.1) is 0 Å². The minimum Gasteiger partial charge on any atom is -0.231 e. The van der Waals surface area contributed by atoms with Crippen LogP contribution in [0.1, 0.15) is 58.4 Å². The fourth-order valence-electron chi connectivity index (χ4n) is 1.91. The topological polar surface area (TPSA) is 25.8 Å². The van der Waals surface area contributed by atoms with Crippen molar-refractivity contribution in [3.8, 4) is 0 Å². The summed E-state index contributed by atoms with van der Waals surface area (Å²) in [5.74, 6) is 0. The maximum Gasteiger partial charge on any atom is 0.187 e. The molecule has 1 heterocycles. The van der Waals surface area contributed by atoms with Gasteiger partial charge in [-0.05, 0) is 23.7 Å². The van der Waals surface area contributed by atoms with Gasteiger partial charge in [-0.2, -0.15) is 0 Å². The summed E-state index contributed by atoms with van der Waals surface area (Å²) in [4.78, 5) is 8.72. The highest BCUT2D eigenvalue weighted by atomic mass is 32.2. The second-order valence-corrected chi connectivity index (χ2v) is 5.93. The monoisotopic (exact) mass is 252 g/mol. The lowest BCUT2D eigenvalue weighted by atomic mass is 9.81. The Morgan fingerprint density at radius 3 is 2.29 bits per heavy atom. The van der Waals surface area contributed by atoms with E-state index >= 15 is 0 Å². The Kier molecular flexibility index (Phi) is 5.96. The summed E-state index contributed by atoms with van der Waals surface area (Å²) in [5, 5.41) is 0.857. The van der Waals surface area contributed by atoms with Crippen LogP contribution in [0.3, 0.4) is 0 Å². The molecular formula is C14H24N2S. The third-order valence-corrected chi connectivity index (χ3v) is 3.82. The average molecular weight is 252 g/mol. The molecule has 1 aromatic rings. The molecule has 0 aliphatic heterocycles. The molecule has 0 aromatic carbocycles. The molecule has 2 nitrogen and oxygen atoms in total. The minimum absolute atomic E-state index is 0.199. The Labute approximate surface area is 110 Å². The van der Waals surface area contributed by atoms with Gasteiger partial charge in [-0.25, -0.2) is 9.97 Å². The SMILES string of the molecule is CCCCCCC(C)(C)c1cnc(SC)nc1. The Bertz CT molecular complexity index is 319. The molecule has 0 radical (unpaired) electrons. The van der Waals surface area contributed by atoms with Crippen LogP contribution in [0.4, 0.5) is 0 Å². The van der Waals surface area contributed by atoms with E-state index in [1.807, 2.05) is 18.6 Å². The van der Waals surface area contributed by atoms with Crippen LogP contribution in [0.25, 0.3) is 0 Å². The van der Waals surface area contributed by atoms with E-state index in [4.69, 9.17) is 0 Å². The van der Waals surface area contributed by atoms with E-state index in [9.17, 15) is 0 Å². The lowest BCUT2D eigenvalue weighted by molar-refractivity contribution is 0.442. The second kappa shape index (κ2) is 7.00. The highest BCUT2D eigenvalue weighted by molar-refractivity contribution is 7.98. The summed E-state index contributed by atoms with van der Waals surface area (Å²) in [5.41, 5.74) is 1.46. The summed E-state index contributed by atoms with van der Waals surface area (Å²) in [6.07, 6.45) is 12.5. The number of hydrogen-bond acceptors (Lipinski definition) is 3. The van der Waals surface area contributed by atoms with Gasteiger partial charge in [0.15, 0.2) is 5.16 Å². The molecule has 0 atom stereocenters. The quantitative estimate of drug-likeness (QED) is 0.407. The summed E-state index contributed by atoms with van der Waals surface area (Å²) < 4.78 is 0. The summed E-state index contributed by atoms with van der Waals surface area (Å²) in [6.45, 7) is 6.83. The van der Waals surface area contributed by atoms with Gasteiger partial charge in [-0.3, -0.25) is 0 Å². The van der Waals surface area contributed by atoms with E-state index in [0.717, 1.165) is 5.16 Å². The molecule has 1 rings (SSSR count). The van der Waals surface area contributed by atoms with Crippen molar-refractivity contribution in [3.05, 3.63) is 18.0 Å². The lowest BCUT2D eigenvalue weighted by Gasteiger charge is -2.24. The normalized spacial score (nSPS) is 11.8. The molecule has 0 amide bonds. The van der Waals surface area contributed by atoms with Gasteiger partial charge in [0.25, 0.3) is 0 Å². The number of nitrogens with zero attached hydrogens (tertiary/aromatic N) is 2. The van der Waals surface area contributed by atoms with Gasteiger partial charge >= 0.3 is 0 Å². The van der Waals surface area contributed by atoms with Crippen molar-refractivity contribution < 1.29 is 0 Å². The van der Waals surface area contributed by atoms with Crippen LogP contribution in [0.15, 0.2) is 17.6 Å². The fraction of sp³-hybridized carbons (Fsp3) is 0.714. The number of unbranched alkanes of at least 4 members (excludes halogenated alkanes) is 3.